The van der Waals surface area contributed by atoms with Crippen LogP contribution in [0.25, 0.3) is 0 Å². The molecule has 2 rings (SSSR count). The molecule has 0 unspecified atom stereocenters. The van der Waals surface area contributed by atoms with Crippen LogP contribution in [0.3, 0.4) is 0 Å². The fraction of sp³-hybridized carbons (Fsp3) is 0.316. The summed E-state index contributed by atoms with van der Waals surface area (Å²) < 4.78 is 87.4. The van der Waals surface area contributed by atoms with Gasteiger partial charge in [-0.15, -0.1) is 0 Å². The van der Waals surface area contributed by atoms with E-state index in [1.165, 1.54) is 24.3 Å². The minimum Gasteiger partial charge on any atom is -0.348 e. The minimum absolute atomic E-state index is 0.0891. The van der Waals surface area contributed by atoms with Gasteiger partial charge >= 0.3 is 6.18 Å². The largest absolute Gasteiger partial charge is 0.417 e. The highest BCUT2D eigenvalue weighted by molar-refractivity contribution is 7.92. The monoisotopic (exact) mass is 512 g/mol. The first-order valence-electron chi connectivity index (χ1n) is 8.94. The number of alkyl halides is 3. The van der Waals surface area contributed by atoms with E-state index in [1.54, 1.807) is 6.92 Å². The highest BCUT2D eigenvalue weighted by atomic mass is 35.5. The molecule has 0 heterocycles. The van der Waals surface area contributed by atoms with Gasteiger partial charge in [-0.1, -0.05) is 23.7 Å². The number of carbonyl (C=O) groups excluding carboxylic acids is 1. The van der Waals surface area contributed by atoms with Crippen molar-refractivity contribution >= 4 is 43.1 Å². The summed E-state index contributed by atoms with van der Waals surface area (Å²) in [6.45, 7) is 0.811. The van der Waals surface area contributed by atoms with E-state index in [-0.39, 0.29) is 10.6 Å². The number of sulfonamides is 1. The molecule has 1 atom stereocenters. The molecular weight excluding hydrogens is 493 g/mol. The Morgan fingerprint density at radius 2 is 1.62 bits per heavy atom. The summed E-state index contributed by atoms with van der Waals surface area (Å²) in [7, 11) is -7.51. The van der Waals surface area contributed by atoms with Crippen LogP contribution in [0.15, 0.2) is 47.4 Å². The zero-order valence-corrected chi connectivity index (χ0v) is 19.5. The molecule has 13 heteroatoms. The Morgan fingerprint density at radius 3 is 2.09 bits per heavy atom. The van der Waals surface area contributed by atoms with Gasteiger partial charge in [0.15, 0.2) is 9.84 Å². The van der Waals surface area contributed by atoms with Gasteiger partial charge in [-0.3, -0.25) is 9.10 Å². The van der Waals surface area contributed by atoms with Gasteiger partial charge in [0.1, 0.15) is 6.54 Å². The Labute approximate surface area is 189 Å². The van der Waals surface area contributed by atoms with E-state index in [0.29, 0.717) is 15.9 Å². The molecule has 0 aliphatic rings. The molecule has 0 bridgehead atoms. The average Bonchev–Trinajstić information content (AvgIpc) is 2.64. The summed E-state index contributed by atoms with van der Waals surface area (Å²) in [6.07, 6.45) is -3.01. The lowest BCUT2D eigenvalue weighted by Gasteiger charge is -2.24. The van der Waals surface area contributed by atoms with Crippen LogP contribution in [0.1, 0.15) is 24.1 Å². The van der Waals surface area contributed by atoms with Crippen molar-refractivity contribution in [2.24, 2.45) is 0 Å². The summed E-state index contributed by atoms with van der Waals surface area (Å²) >= 11 is 5.58. The number of rotatable bonds is 7. The van der Waals surface area contributed by atoms with Gasteiger partial charge in [0.2, 0.25) is 15.9 Å². The molecule has 2 aromatic rings. The van der Waals surface area contributed by atoms with E-state index in [1.807, 2.05) is 0 Å². The molecule has 7 nitrogen and oxygen atoms in total. The molecule has 0 aliphatic heterocycles. The van der Waals surface area contributed by atoms with Gasteiger partial charge in [-0.05, 0) is 42.8 Å². The van der Waals surface area contributed by atoms with Crippen LogP contribution in [0, 0.1) is 0 Å². The molecule has 0 spiro atoms. The highest BCUT2D eigenvalue weighted by Crippen LogP contribution is 2.37. The predicted molar refractivity (Wildman–Crippen MR) is 115 cm³/mol. The van der Waals surface area contributed by atoms with Crippen molar-refractivity contribution in [3.05, 3.63) is 58.6 Å². The topological polar surface area (TPSA) is 101 Å². The summed E-state index contributed by atoms with van der Waals surface area (Å²) in [6, 6.07) is 7.61. The van der Waals surface area contributed by atoms with Crippen LogP contribution in [0.2, 0.25) is 5.02 Å². The van der Waals surface area contributed by atoms with Gasteiger partial charge in [0.25, 0.3) is 0 Å². The third-order valence-corrected chi connectivity index (χ3v) is 7.02. The van der Waals surface area contributed by atoms with Crippen molar-refractivity contribution in [2.45, 2.75) is 24.0 Å². The third-order valence-electron chi connectivity index (χ3n) is 4.42. The van der Waals surface area contributed by atoms with Gasteiger partial charge in [-0.2, -0.15) is 13.2 Å². The maximum absolute atomic E-state index is 13.1. The van der Waals surface area contributed by atoms with Crippen molar-refractivity contribution in [2.75, 3.05) is 23.4 Å². The quantitative estimate of drug-likeness (QED) is 0.613. The smallest absolute Gasteiger partial charge is 0.348 e. The van der Waals surface area contributed by atoms with Crippen LogP contribution in [-0.2, 0) is 30.8 Å². The van der Waals surface area contributed by atoms with E-state index in [0.717, 1.165) is 24.6 Å². The molecule has 0 saturated carbocycles. The summed E-state index contributed by atoms with van der Waals surface area (Å²) in [5, 5.41) is 1.93. The molecule has 0 aromatic heterocycles. The lowest BCUT2D eigenvalue weighted by atomic mass is 10.1. The predicted octanol–water partition coefficient (Wildman–Crippen LogP) is 3.41. The molecule has 1 amide bonds. The van der Waals surface area contributed by atoms with E-state index in [9.17, 15) is 34.8 Å². The molecule has 176 valence electrons. The average molecular weight is 513 g/mol. The van der Waals surface area contributed by atoms with Crippen molar-refractivity contribution in [1.29, 1.82) is 0 Å². The van der Waals surface area contributed by atoms with Crippen LogP contribution in [0.4, 0.5) is 18.9 Å². The Morgan fingerprint density at radius 1 is 1.06 bits per heavy atom. The van der Waals surface area contributed by atoms with Gasteiger partial charge in [0, 0.05) is 6.26 Å². The molecule has 0 radical (unpaired) electrons. The number of benzene rings is 2. The highest BCUT2D eigenvalue weighted by Gasteiger charge is 2.34. The van der Waals surface area contributed by atoms with E-state index < -0.39 is 55.1 Å². The number of halogens is 4. The standard InChI is InChI=1S/C19H20ClF3N2O5S2/c1-12(13-4-7-15(8-5-13)31(2,27)28)24-18(26)11-25(32(3,29)30)14-6-9-17(20)16(10-14)19(21,22)23/h4-10,12H,11H2,1-3H3,(H,24,26)/t12-/m1/s1. The van der Waals surface area contributed by atoms with Gasteiger partial charge in [-0.25, -0.2) is 16.8 Å². The first kappa shape index (κ1) is 25.9. The van der Waals surface area contributed by atoms with E-state index >= 15 is 0 Å². The summed E-state index contributed by atoms with van der Waals surface area (Å²) in [5.41, 5.74) is -1.06. The Balaban J connectivity index is 2.25. The number of hydrogen-bond acceptors (Lipinski definition) is 5. The fourth-order valence-corrected chi connectivity index (χ4v) is 4.49. The number of sulfone groups is 1. The number of anilines is 1. The number of hydrogen-bond donors (Lipinski definition) is 1. The molecule has 0 aliphatic carbocycles. The van der Waals surface area contributed by atoms with Crippen LogP contribution < -0.4 is 9.62 Å². The molecule has 1 N–H and O–H groups in total. The summed E-state index contributed by atoms with van der Waals surface area (Å²) in [4.78, 5) is 12.6. The normalized spacial score (nSPS) is 13.5. The van der Waals surface area contributed by atoms with E-state index in [2.05, 4.69) is 5.32 Å². The molecule has 2 aromatic carbocycles. The Kier molecular flexibility index (Phi) is 7.52. The number of amides is 1. The van der Waals surface area contributed by atoms with Gasteiger partial charge in [0.05, 0.1) is 33.5 Å². The third kappa shape index (κ3) is 6.59. The van der Waals surface area contributed by atoms with Crippen LogP contribution in [-0.4, -0.2) is 41.8 Å². The van der Waals surface area contributed by atoms with Crippen molar-refractivity contribution in [3.8, 4) is 0 Å². The molecule has 32 heavy (non-hydrogen) atoms. The maximum atomic E-state index is 13.1. The minimum atomic E-state index is -4.81. The lowest BCUT2D eigenvalue weighted by Crippen LogP contribution is -2.41. The Bertz CT molecular complexity index is 1210. The van der Waals surface area contributed by atoms with Crippen molar-refractivity contribution < 1.29 is 34.8 Å². The first-order valence-corrected chi connectivity index (χ1v) is 13.1. The lowest BCUT2D eigenvalue weighted by molar-refractivity contribution is -0.137. The number of carbonyl (C=O) groups is 1. The van der Waals surface area contributed by atoms with Crippen LogP contribution in [0.5, 0.6) is 0 Å². The van der Waals surface area contributed by atoms with Gasteiger partial charge < -0.3 is 5.32 Å². The molecular formula is C19H20ClF3N2O5S2. The fourth-order valence-electron chi connectivity index (χ4n) is 2.79. The Hall–Kier alpha value is -2.31. The zero-order valence-electron chi connectivity index (χ0n) is 17.1. The zero-order chi connectivity index (χ0) is 24.5. The molecule has 0 fully saturated rings. The van der Waals surface area contributed by atoms with Crippen molar-refractivity contribution in [3.63, 3.8) is 0 Å². The van der Waals surface area contributed by atoms with E-state index in [4.69, 9.17) is 11.6 Å². The first-order chi connectivity index (χ1) is 14.5. The second kappa shape index (κ2) is 9.28. The number of nitrogens with one attached hydrogen (secondary N) is 1. The van der Waals surface area contributed by atoms with Crippen molar-refractivity contribution in [1.82, 2.24) is 5.32 Å². The number of nitrogens with zero attached hydrogens (tertiary/aromatic N) is 1. The second-order valence-corrected chi connectivity index (χ2v) is 11.4. The SMILES string of the molecule is C[C@@H](NC(=O)CN(c1ccc(Cl)c(C(F)(F)F)c1)S(C)(=O)=O)c1ccc(S(C)(=O)=O)cc1. The molecule has 0 saturated heterocycles. The summed E-state index contributed by atoms with van der Waals surface area (Å²) in [5.74, 6) is -0.779. The second-order valence-electron chi connectivity index (χ2n) is 7.06. The van der Waals surface area contributed by atoms with Crippen LogP contribution >= 0.6 is 11.6 Å². The maximum Gasteiger partial charge on any atom is 0.417 e.